The smallest absolute Gasteiger partial charge is 0.294 e. The summed E-state index contributed by atoms with van der Waals surface area (Å²) in [4.78, 5) is 26.4. The number of rotatable bonds is 6. The predicted molar refractivity (Wildman–Crippen MR) is 98.9 cm³/mol. The molecule has 0 saturated carbocycles. The van der Waals surface area contributed by atoms with Crippen molar-refractivity contribution in [2.24, 2.45) is 0 Å². The summed E-state index contributed by atoms with van der Waals surface area (Å²) < 4.78 is 53.8. The molecule has 0 atom stereocenters. The van der Waals surface area contributed by atoms with Gasteiger partial charge in [-0.3, -0.25) is 14.9 Å². The summed E-state index contributed by atoms with van der Waals surface area (Å²) in [7, 11) is 0. The lowest BCUT2D eigenvalue weighted by Gasteiger charge is -2.09. The van der Waals surface area contributed by atoms with E-state index in [4.69, 9.17) is 11.6 Å². The lowest BCUT2D eigenvalue weighted by molar-refractivity contribution is -0.383. The average Bonchev–Trinajstić information content (AvgIpc) is 2.97. The Morgan fingerprint density at radius 2 is 1.97 bits per heavy atom. The molecular formula is C17H12ClF4N5O3. The molecule has 3 rings (SSSR count). The van der Waals surface area contributed by atoms with E-state index in [0.717, 1.165) is 10.7 Å². The molecule has 0 saturated heterocycles. The first-order valence-electron chi connectivity index (χ1n) is 8.26. The molecule has 158 valence electrons. The number of hydrogen-bond acceptors (Lipinski definition) is 5. The fourth-order valence-electron chi connectivity index (χ4n) is 2.89. The van der Waals surface area contributed by atoms with E-state index in [1.165, 1.54) is 19.1 Å². The molecule has 2 aromatic heterocycles. The summed E-state index contributed by atoms with van der Waals surface area (Å²) in [5.41, 5.74) is -2.42. The number of carbonyl (C=O) groups excluding carboxylic acids is 1. The van der Waals surface area contributed by atoms with Gasteiger partial charge in [-0.1, -0.05) is 11.6 Å². The highest BCUT2D eigenvalue weighted by Gasteiger charge is 2.24. The number of aryl methyl sites for hydroxylation is 1. The lowest BCUT2D eigenvalue weighted by atomic mass is 10.1. The van der Waals surface area contributed by atoms with Crippen LogP contribution in [0.25, 0.3) is 11.0 Å². The van der Waals surface area contributed by atoms with E-state index in [2.05, 4.69) is 15.4 Å². The molecule has 0 radical (unpaired) electrons. The molecule has 0 aliphatic rings. The van der Waals surface area contributed by atoms with Gasteiger partial charge in [0.2, 0.25) is 5.91 Å². The van der Waals surface area contributed by atoms with Gasteiger partial charge in [0, 0.05) is 16.7 Å². The molecule has 1 aromatic carbocycles. The van der Waals surface area contributed by atoms with Crippen molar-refractivity contribution in [3.63, 3.8) is 0 Å². The first-order chi connectivity index (χ1) is 14.1. The molecule has 0 aliphatic carbocycles. The van der Waals surface area contributed by atoms with E-state index in [0.29, 0.717) is 6.07 Å². The minimum atomic E-state index is -3.11. The van der Waals surface area contributed by atoms with Gasteiger partial charge in [0.25, 0.3) is 18.5 Å². The van der Waals surface area contributed by atoms with Crippen LogP contribution in [-0.2, 0) is 11.3 Å². The predicted octanol–water partition coefficient (Wildman–Crippen LogP) is 4.82. The Hall–Kier alpha value is -3.28. The molecular weight excluding hydrogens is 434 g/mol. The van der Waals surface area contributed by atoms with Crippen LogP contribution in [0.2, 0.25) is 5.02 Å². The number of nitrogens with one attached hydrogen (secondary N) is 1. The van der Waals surface area contributed by atoms with Gasteiger partial charge in [-0.2, -0.15) is 5.10 Å². The van der Waals surface area contributed by atoms with E-state index in [9.17, 15) is 32.5 Å². The second kappa shape index (κ2) is 8.22. The Morgan fingerprint density at radius 1 is 1.27 bits per heavy atom. The molecule has 30 heavy (non-hydrogen) atoms. The van der Waals surface area contributed by atoms with Crippen molar-refractivity contribution in [2.75, 3.05) is 5.32 Å². The third-order valence-electron chi connectivity index (χ3n) is 4.11. The molecule has 1 amide bonds. The van der Waals surface area contributed by atoms with Crippen molar-refractivity contribution in [1.29, 1.82) is 0 Å². The van der Waals surface area contributed by atoms with Gasteiger partial charge in [-0.05, 0) is 25.1 Å². The second-order valence-electron chi connectivity index (χ2n) is 6.15. The number of carbonyl (C=O) groups is 1. The van der Waals surface area contributed by atoms with Crippen LogP contribution in [0.1, 0.15) is 29.8 Å². The molecule has 0 fully saturated rings. The van der Waals surface area contributed by atoms with Crippen molar-refractivity contribution in [3.8, 4) is 0 Å². The molecule has 0 bridgehead atoms. The largest absolute Gasteiger partial charge is 0.319 e. The van der Waals surface area contributed by atoms with Crippen LogP contribution in [0.5, 0.6) is 0 Å². The minimum absolute atomic E-state index is 0.0684. The number of nitrogens with zero attached hydrogens (tertiary/aromatic N) is 4. The van der Waals surface area contributed by atoms with Crippen LogP contribution in [0.3, 0.4) is 0 Å². The van der Waals surface area contributed by atoms with Gasteiger partial charge in [0.1, 0.15) is 17.9 Å². The zero-order chi connectivity index (χ0) is 22.2. The van der Waals surface area contributed by atoms with E-state index in [1.807, 2.05) is 0 Å². The molecule has 0 spiro atoms. The van der Waals surface area contributed by atoms with Gasteiger partial charge in [0.05, 0.1) is 16.0 Å². The third kappa shape index (κ3) is 4.17. The van der Waals surface area contributed by atoms with Crippen LogP contribution >= 0.6 is 11.6 Å². The molecule has 8 nitrogen and oxygen atoms in total. The topological polar surface area (TPSA) is 103 Å². The van der Waals surface area contributed by atoms with Crippen molar-refractivity contribution < 1.29 is 27.3 Å². The van der Waals surface area contributed by atoms with Crippen molar-refractivity contribution >= 4 is 39.9 Å². The van der Waals surface area contributed by atoms with E-state index < -0.39 is 47.2 Å². The third-order valence-corrected chi connectivity index (χ3v) is 4.35. The number of fused-ring (bicyclic) bond motifs is 1. The number of aromatic nitrogens is 3. The SMILES string of the molecule is Cc1nn(CC(=O)Nc2ccc(Cl)cc2[N+](=O)[O-])c2nc(C(F)F)cc(C(F)F)c12. The molecule has 2 heterocycles. The number of alkyl halides is 4. The Morgan fingerprint density at radius 3 is 2.57 bits per heavy atom. The van der Waals surface area contributed by atoms with Crippen molar-refractivity contribution in [2.45, 2.75) is 26.3 Å². The standard InChI is InChI=1S/C17H12ClF4N5O3/c1-7-14-9(15(19)20)5-11(16(21)22)24-17(14)26(25-7)6-13(28)23-10-3-2-8(18)4-12(10)27(29)30/h2-5,15-16H,6H2,1H3,(H,23,28). The molecule has 0 aliphatic heterocycles. The van der Waals surface area contributed by atoms with Gasteiger partial charge in [-0.15, -0.1) is 0 Å². The van der Waals surface area contributed by atoms with E-state index >= 15 is 0 Å². The second-order valence-corrected chi connectivity index (χ2v) is 6.58. The summed E-state index contributed by atoms with van der Waals surface area (Å²) >= 11 is 5.71. The van der Waals surface area contributed by atoms with E-state index in [1.54, 1.807) is 0 Å². The minimum Gasteiger partial charge on any atom is -0.319 e. The summed E-state index contributed by atoms with van der Waals surface area (Å²) in [6.07, 6.45) is -6.17. The van der Waals surface area contributed by atoms with Crippen LogP contribution in [0.4, 0.5) is 28.9 Å². The lowest BCUT2D eigenvalue weighted by Crippen LogP contribution is -2.20. The zero-order valence-electron chi connectivity index (χ0n) is 15.1. The van der Waals surface area contributed by atoms with Crippen LogP contribution in [-0.4, -0.2) is 25.6 Å². The summed E-state index contributed by atoms with van der Waals surface area (Å²) in [6, 6.07) is 4.18. The summed E-state index contributed by atoms with van der Waals surface area (Å²) in [6.45, 7) is 0.767. The molecule has 0 unspecified atom stereocenters. The highest BCUT2D eigenvalue weighted by atomic mass is 35.5. The maximum Gasteiger partial charge on any atom is 0.294 e. The summed E-state index contributed by atoms with van der Waals surface area (Å²) in [5.74, 6) is -0.812. The van der Waals surface area contributed by atoms with Gasteiger partial charge in [-0.25, -0.2) is 27.2 Å². The Labute approximate surface area is 170 Å². The first kappa shape index (κ1) is 21.4. The number of pyridine rings is 1. The van der Waals surface area contributed by atoms with Crippen LogP contribution in [0, 0.1) is 17.0 Å². The monoisotopic (exact) mass is 445 g/mol. The Bertz CT molecular complexity index is 1150. The fraction of sp³-hybridized carbons (Fsp3) is 0.235. The highest BCUT2D eigenvalue weighted by molar-refractivity contribution is 6.31. The number of anilines is 1. The number of nitro benzene ring substituents is 1. The maximum absolute atomic E-state index is 13.4. The van der Waals surface area contributed by atoms with Crippen molar-refractivity contribution in [3.05, 3.63) is 56.4 Å². The Kier molecular flexibility index (Phi) is 5.87. The Balaban J connectivity index is 1.98. The number of benzene rings is 1. The van der Waals surface area contributed by atoms with Gasteiger partial charge >= 0.3 is 0 Å². The van der Waals surface area contributed by atoms with Crippen molar-refractivity contribution in [1.82, 2.24) is 14.8 Å². The average molecular weight is 446 g/mol. The number of hydrogen-bond donors (Lipinski definition) is 1. The number of nitro groups is 1. The fourth-order valence-corrected chi connectivity index (χ4v) is 3.05. The molecule has 3 aromatic rings. The first-order valence-corrected chi connectivity index (χ1v) is 8.64. The van der Waals surface area contributed by atoms with Gasteiger partial charge in [0.15, 0.2) is 5.65 Å². The quantitative estimate of drug-likeness (QED) is 0.333. The molecule has 1 N–H and O–H groups in total. The molecule has 13 heteroatoms. The normalized spacial score (nSPS) is 11.5. The number of amides is 1. The van der Waals surface area contributed by atoms with Gasteiger partial charge < -0.3 is 5.32 Å². The van der Waals surface area contributed by atoms with Crippen LogP contribution < -0.4 is 5.32 Å². The van der Waals surface area contributed by atoms with E-state index in [-0.39, 0.29) is 27.4 Å². The zero-order valence-corrected chi connectivity index (χ0v) is 15.8. The van der Waals surface area contributed by atoms with Crippen LogP contribution in [0.15, 0.2) is 24.3 Å². The number of halogens is 5. The highest BCUT2D eigenvalue weighted by Crippen LogP contribution is 2.33. The maximum atomic E-state index is 13.4. The summed E-state index contributed by atoms with van der Waals surface area (Å²) in [5, 5.41) is 17.3.